The summed E-state index contributed by atoms with van der Waals surface area (Å²) in [5.74, 6) is 3.71. The molecular formula is C10H14O. The molecule has 3 aliphatic carbocycles. The molecule has 0 aromatic heterocycles. The molecule has 0 aliphatic heterocycles. The molecular weight excluding hydrogens is 136 g/mol. The lowest BCUT2D eigenvalue weighted by Crippen LogP contribution is -2.25. The smallest absolute Gasteiger partial charge is 0.136 e. The van der Waals surface area contributed by atoms with Crippen LogP contribution < -0.4 is 0 Å². The zero-order valence-electron chi connectivity index (χ0n) is 6.75. The first kappa shape index (κ1) is 6.22. The number of rotatable bonds is 0. The maximum Gasteiger partial charge on any atom is 0.136 e. The van der Waals surface area contributed by atoms with Crippen LogP contribution in [0.4, 0.5) is 0 Å². The first-order valence-electron chi connectivity index (χ1n) is 4.87. The topological polar surface area (TPSA) is 17.1 Å². The summed E-state index contributed by atoms with van der Waals surface area (Å²) in [6, 6.07) is 0. The summed E-state index contributed by atoms with van der Waals surface area (Å²) < 4.78 is 0. The van der Waals surface area contributed by atoms with E-state index in [1.807, 2.05) is 0 Å². The third kappa shape index (κ3) is 0.692. The third-order valence-electron chi connectivity index (χ3n) is 4.12. The molecule has 2 bridgehead atoms. The van der Waals surface area contributed by atoms with Gasteiger partial charge in [-0.25, -0.2) is 0 Å². The molecule has 1 heteroatoms. The lowest BCUT2D eigenvalue weighted by Gasteiger charge is -2.23. The zero-order chi connectivity index (χ0) is 7.42. The zero-order valence-corrected chi connectivity index (χ0v) is 6.75. The van der Waals surface area contributed by atoms with E-state index in [0.717, 1.165) is 24.2 Å². The summed E-state index contributed by atoms with van der Waals surface area (Å²) in [7, 11) is 0. The molecule has 0 unspecified atom stereocenters. The fourth-order valence-electron chi connectivity index (χ4n) is 3.71. The second-order valence-electron chi connectivity index (χ2n) is 4.62. The average molecular weight is 150 g/mol. The van der Waals surface area contributed by atoms with E-state index in [1.54, 1.807) is 0 Å². The Kier molecular flexibility index (Phi) is 1.06. The largest absolute Gasteiger partial charge is 0.299 e. The Morgan fingerprint density at radius 2 is 2.09 bits per heavy atom. The number of Topliss-reactive ketones (excluding diaryl/α,β-unsaturated/α-hetero) is 1. The molecule has 0 heterocycles. The van der Waals surface area contributed by atoms with Crippen LogP contribution in [0.1, 0.15) is 32.1 Å². The van der Waals surface area contributed by atoms with Crippen LogP contribution in [-0.2, 0) is 4.79 Å². The van der Waals surface area contributed by atoms with Gasteiger partial charge in [0.15, 0.2) is 0 Å². The van der Waals surface area contributed by atoms with Gasteiger partial charge in [0.05, 0.1) is 0 Å². The van der Waals surface area contributed by atoms with Gasteiger partial charge in [0.25, 0.3) is 0 Å². The van der Waals surface area contributed by atoms with E-state index in [9.17, 15) is 4.79 Å². The van der Waals surface area contributed by atoms with Gasteiger partial charge < -0.3 is 0 Å². The SMILES string of the molecule is O=C1C[C@@H]2C[C@@H]3CC[C@H]1[C@@H]3C2. The Labute approximate surface area is 67.2 Å². The Bertz CT molecular complexity index is 207. The van der Waals surface area contributed by atoms with Crippen LogP contribution in [0, 0.1) is 23.7 Å². The Hall–Kier alpha value is -0.330. The molecule has 0 amide bonds. The van der Waals surface area contributed by atoms with Crippen LogP contribution in [0.2, 0.25) is 0 Å². The van der Waals surface area contributed by atoms with Gasteiger partial charge in [-0.1, -0.05) is 0 Å². The summed E-state index contributed by atoms with van der Waals surface area (Å²) in [6.45, 7) is 0. The summed E-state index contributed by atoms with van der Waals surface area (Å²) in [6.07, 6.45) is 6.28. The molecule has 0 radical (unpaired) electrons. The highest BCUT2D eigenvalue weighted by atomic mass is 16.1. The lowest BCUT2D eigenvalue weighted by atomic mass is 9.80. The van der Waals surface area contributed by atoms with E-state index in [1.165, 1.54) is 25.7 Å². The van der Waals surface area contributed by atoms with Crippen LogP contribution in [0.5, 0.6) is 0 Å². The number of carbonyl (C=O) groups is 1. The van der Waals surface area contributed by atoms with E-state index in [4.69, 9.17) is 0 Å². The van der Waals surface area contributed by atoms with Crippen LogP contribution >= 0.6 is 0 Å². The summed E-state index contributed by atoms with van der Waals surface area (Å²) in [5.41, 5.74) is 0. The quantitative estimate of drug-likeness (QED) is 0.516. The first-order valence-corrected chi connectivity index (χ1v) is 4.87. The van der Waals surface area contributed by atoms with Gasteiger partial charge in [-0.15, -0.1) is 0 Å². The number of ketones is 1. The average Bonchev–Trinajstić information content (AvgIpc) is 2.40. The fourth-order valence-corrected chi connectivity index (χ4v) is 3.71. The van der Waals surface area contributed by atoms with Gasteiger partial charge in [0.1, 0.15) is 5.78 Å². The van der Waals surface area contributed by atoms with Crippen molar-refractivity contribution >= 4 is 5.78 Å². The molecule has 1 nitrogen and oxygen atoms in total. The minimum atomic E-state index is 0.513. The summed E-state index contributed by atoms with van der Waals surface area (Å²) in [4.78, 5) is 11.5. The van der Waals surface area contributed by atoms with Gasteiger partial charge in [0, 0.05) is 12.3 Å². The predicted octanol–water partition coefficient (Wildman–Crippen LogP) is 2.01. The molecule has 0 spiro atoms. The van der Waals surface area contributed by atoms with Crippen molar-refractivity contribution in [1.29, 1.82) is 0 Å². The minimum absolute atomic E-state index is 0.513. The van der Waals surface area contributed by atoms with Crippen molar-refractivity contribution in [1.82, 2.24) is 0 Å². The number of hydrogen-bond acceptors (Lipinski definition) is 1. The highest BCUT2D eigenvalue weighted by Gasteiger charge is 2.50. The van der Waals surface area contributed by atoms with Crippen LogP contribution in [-0.4, -0.2) is 5.78 Å². The molecule has 0 N–H and O–H groups in total. The predicted molar refractivity (Wildman–Crippen MR) is 42.1 cm³/mol. The van der Waals surface area contributed by atoms with E-state index in [-0.39, 0.29) is 0 Å². The standard InChI is InChI=1S/C10H14O/c11-10-5-6-3-7-1-2-8(10)9(7)4-6/h6-9H,1-5H2/t6-,7+,8+,9-/m1/s1. The van der Waals surface area contributed by atoms with Gasteiger partial charge in [0.2, 0.25) is 0 Å². The van der Waals surface area contributed by atoms with E-state index in [2.05, 4.69) is 0 Å². The summed E-state index contributed by atoms with van der Waals surface area (Å²) in [5, 5.41) is 0. The molecule has 11 heavy (non-hydrogen) atoms. The van der Waals surface area contributed by atoms with Crippen molar-refractivity contribution < 1.29 is 4.79 Å². The number of carbonyl (C=O) groups excluding carboxylic acids is 1. The van der Waals surface area contributed by atoms with Crippen molar-refractivity contribution in [2.45, 2.75) is 32.1 Å². The Balaban J connectivity index is 1.99. The molecule has 0 aromatic rings. The minimum Gasteiger partial charge on any atom is -0.299 e. The molecule has 3 aliphatic rings. The van der Waals surface area contributed by atoms with Crippen molar-refractivity contribution in [2.75, 3.05) is 0 Å². The van der Waals surface area contributed by atoms with Crippen molar-refractivity contribution in [3.63, 3.8) is 0 Å². The summed E-state index contributed by atoms with van der Waals surface area (Å²) >= 11 is 0. The second kappa shape index (κ2) is 1.88. The molecule has 0 saturated heterocycles. The highest BCUT2D eigenvalue weighted by Crippen LogP contribution is 2.55. The number of fused-ring (bicyclic) bond motifs is 1. The second-order valence-corrected chi connectivity index (χ2v) is 4.62. The fraction of sp³-hybridized carbons (Fsp3) is 0.900. The van der Waals surface area contributed by atoms with E-state index in [0.29, 0.717) is 11.7 Å². The van der Waals surface area contributed by atoms with Crippen molar-refractivity contribution in [3.05, 3.63) is 0 Å². The van der Waals surface area contributed by atoms with Gasteiger partial charge >= 0.3 is 0 Å². The van der Waals surface area contributed by atoms with Crippen LogP contribution in [0.3, 0.4) is 0 Å². The van der Waals surface area contributed by atoms with Gasteiger partial charge in [-0.05, 0) is 43.4 Å². The lowest BCUT2D eigenvalue weighted by molar-refractivity contribution is -0.126. The van der Waals surface area contributed by atoms with Crippen molar-refractivity contribution in [3.8, 4) is 0 Å². The van der Waals surface area contributed by atoms with Crippen LogP contribution in [0.25, 0.3) is 0 Å². The Morgan fingerprint density at radius 3 is 3.00 bits per heavy atom. The first-order chi connectivity index (χ1) is 5.34. The third-order valence-corrected chi connectivity index (χ3v) is 4.12. The molecule has 3 rings (SSSR count). The molecule has 3 saturated carbocycles. The van der Waals surface area contributed by atoms with E-state index < -0.39 is 0 Å². The van der Waals surface area contributed by atoms with E-state index >= 15 is 0 Å². The molecule has 60 valence electrons. The molecule has 0 aromatic carbocycles. The highest BCUT2D eigenvalue weighted by molar-refractivity contribution is 5.83. The van der Waals surface area contributed by atoms with Gasteiger partial charge in [-0.2, -0.15) is 0 Å². The monoisotopic (exact) mass is 150 g/mol. The maximum atomic E-state index is 11.5. The van der Waals surface area contributed by atoms with Gasteiger partial charge in [-0.3, -0.25) is 4.79 Å². The normalized spacial score (nSPS) is 53.6. The van der Waals surface area contributed by atoms with Crippen molar-refractivity contribution in [2.24, 2.45) is 23.7 Å². The molecule has 4 atom stereocenters. The maximum absolute atomic E-state index is 11.5. The Morgan fingerprint density at radius 1 is 1.18 bits per heavy atom. The molecule has 3 fully saturated rings. The number of hydrogen-bond donors (Lipinski definition) is 0. The van der Waals surface area contributed by atoms with Crippen LogP contribution in [0.15, 0.2) is 0 Å².